The summed E-state index contributed by atoms with van der Waals surface area (Å²) in [5.41, 5.74) is 0. The smallest absolute Gasteiger partial charge is 0.158 e. The molecule has 0 atom stereocenters. The molecule has 0 aromatic rings. The van der Waals surface area contributed by atoms with Gasteiger partial charge in [0.25, 0.3) is 0 Å². The fourth-order valence-electron chi connectivity index (χ4n) is 2.05. The van der Waals surface area contributed by atoms with Crippen LogP contribution in [0, 0.1) is 5.92 Å². The van der Waals surface area contributed by atoms with Crippen LogP contribution in [-0.4, -0.2) is 43.5 Å². The molecule has 0 aromatic carbocycles. The van der Waals surface area contributed by atoms with E-state index in [1.54, 1.807) is 0 Å². The summed E-state index contributed by atoms with van der Waals surface area (Å²) in [6.07, 6.45) is 3.80. The highest BCUT2D eigenvalue weighted by molar-refractivity contribution is 4.78. The van der Waals surface area contributed by atoms with Gasteiger partial charge in [-0.15, -0.1) is 0 Å². The number of hydrogen-bond donors (Lipinski definition) is 0. The van der Waals surface area contributed by atoms with Crippen LogP contribution in [0.5, 0.6) is 0 Å². The Balaban J connectivity index is 2.26. The van der Waals surface area contributed by atoms with E-state index in [2.05, 4.69) is 18.7 Å². The molecule has 0 radical (unpaired) electrons. The van der Waals surface area contributed by atoms with Crippen molar-refractivity contribution in [3.05, 3.63) is 0 Å². The van der Waals surface area contributed by atoms with Gasteiger partial charge in [0, 0.05) is 38.8 Å². The maximum atomic E-state index is 5.58. The molecule has 1 rings (SSSR count). The Bertz CT molecular complexity index is 187. The van der Waals surface area contributed by atoms with Crippen LogP contribution in [0.25, 0.3) is 0 Å². The third-order valence-electron chi connectivity index (χ3n) is 3.28. The molecule has 1 saturated carbocycles. The third-order valence-corrected chi connectivity index (χ3v) is 3.28. The zero-order valence-electron chi connectivity index (χ0n) is 11.9. The molecule has 102 valence electrons. The zero-order chi connectivity index (χ0) is 12.7. The van der Waals surface area contributed by atoms with E-state index in [0.717, 1.165) is 32.1 Å². The summed E-state index contributed by atoms with van der Waals surface area (Å²) in [5, 5.41) is 0. The molecule has 0 aliphatic heterocycles. The van der Waals surface area contributed by atoms with Gasteiger partial charge in [0.1, 0.15) is 0 Å². The van der Waals surface area contributed by atoms with E-state index in [1.807, 2.05) is 13.8 Å². The van der Waals surface area contributed by atoms with Crippen LogP contribution < -0.4 is 0 Å². The van der Waals surface area contributed by atoms with E-state index in [-0.39, 0.29) is 6.29 Å². The molecule has 0 unspecified atom stereocenters. The van der Waals surface area contributed by atoms with Gasteiger partial charge in [-0.05, 0) is 46.5 Å². The first-order chi connectivity index (χ1) is 8.17. The Morgan fingerprint density at radius 2 is 1.71 bits per heavy atom. The lowest BCUT2D eigenvalue weighted by atomic mass is 10.2. The largest absolute Gasteiger partial charge is 0.353 e. The van der Waals surface area contributed by atoms with Crippen molar-refractivity contribution < 1.29 is 9.47 Å². The normalized spacial score (nSPS) is 16.4. The molecule has 0 N–H and O–H groups in total. The summed E-state index contributed by atoms with van der Waals surface area (Å²) in [6, 6.07) is 0.625. The first kappa shape index (κ1) is 14.9. The minimum atomic E-state index is -0.0227. The van der Waals surface area contributed by atoms with Crippen molar-refractivity contribution in [1.29, 1.82) is 0 Å². The minimum absolute atomic E-state index is 0.0227. The van der Waals surface area contributed by atoms with Crippen LogP contribution >= 0.6 is 0 Å². The molecule has 3 heteroatoms. The standard InChI is InChI=1S/C14H29NO2/c1-5-16-14(17-6-2)9-10-15(12(3)4)11-13-7-8-13/h12-14H,5-11H2,1-4H3. The Labute approximate surface area is 106 Å². The predicted molar refractivity (Wildman–Crippen MR) is 71.1 cm³/mol. The van der Waals surface area contributed by atoms with Crippen LogP contribution in [0.3, 0.4) is 0 Å². The predicted octanol–water partition coefficient (Wildman–Crippen LogP) is 2.90. The van der Waals surface area contributed by atoms with Crippen LogP contribution in [-0.2, 0) is 9.47 Å². The molecule has 0 heterocycles. The zero-order valence-corrected chi connectivity index (χ0v) is 11.9. The van der Waals surface area contributed by atoms with Gasteiger partial charge < -0.3 is 14.4 Å². The summed E-state index contributed by atoms with van der Waals surface area (Å²) in [5.74, 6) is 0.954. The lowest BCUT2D eigenvalue weighted by Crippen LogP contribution is -2.36. The fourth-order valence-corrected chi connectivity index (χ4v) is 2.05. The monoisotopic (exact) mass is 243 g/mol. The molecule has 17 heavy (non-hydrogen) atoms. The third kappa shape index (κ3) is 6.39. The van der Waals surface area contributed by atoms with Gasteiger partial charge in [0.05, 0.1) is 0 Å². The van der Waals surface area contributed by atoms with Crippen LogP contribution in [0.4, 0.5) is 0 Å². The Kier molecular flexibility index (Phi) is 7.09. The topological polar surface area (TPSA) is 21.7 Å². The highest BCUT2D eigenvalue weighted by atomic mass is 16.7. The van der Waals surface area contributed by atoms with E-state index in [1.165, 1.54) is 19.4 Å². The van der Waals surface area contributed by atoms with Crippen molar-refractivity contribution >= 4 is 0 Å². The molecule has 1 fully saturated rings. The summed E-state index contributed by atoms with van der Waals surface area (Å²) < 4.78 is 11.2. The summed E-state index contributed by atoms with van der Waals surface area (Å²) in [7, 11) is 0. The Hall–Kier alpha value is -0.120. The van der Waals surface area contributed by atoms with Crippen molar-refractivity contribution in [2.45, 2.75) is 59.3 Å². The molecule has 0 amide bonds. The van der Waals surface area contributed by atoms with Crippen molar-refractivity contribution in [2.75, 3.05) is 26.3 Å². The first-order valence-corrected chi connectivity index (χ1v) is 7.14. The van der Waals surface area contributed by atoms with Crippen LogP contribution in [0.2, 0.25) is 0 Å². The van der Waals surface area contributed by atoms with E-state index < -0.39 is 0 Å². The van der Waals surface area contributed by atoms with Gasteiger partial charge in [-0.25, -0.2) is 0 Å². The van der Waals surface area contributed by atoms with Crippen molar-refractivity contribution in [2.24, 2.45) is 5.92 Å². The molecule has 1 aliphatic carbocycles. The Morgan fingerprint density at radius 3 is 2.12 bits per heavy atom. The van der Waals surface area contributed by atoms with Crippen molar-refractivity contribution in [3.8, 4) is 0 Å². The second-order valence-electron chi connectivity index (χ2n) is 5.16. The summed E-state index contributed by atoms with van der Waals surface area (Å²) >= 11 is 0. The minimum Gasteiger partial charge on any atom is -0.353 e. The maximum Gasteiger partial charge on any atom is 0.158 e. The average molecular weight is 243 g/mol. The molecular weight excluding hydrogens is 214 g/mol. The summed E-state index contributed by atoms with van der Waals surface area (Å²) in [4.78, 5) is 2.56. The number of nitrogens with zero attached hydrogens (tertiary/aromatic N) is 1. The van der Waals surface area contributed by atoms with Crippen LogP contribution in [0.15, 0.2) is 0 Å². The average Bonchev–Trinajstić information content (AvgIpc) is 3.08. The number of ether oxygens (including phenoxy) is 2. The van der Waals surface area contributed by atoms with E-state index in [9.17, 15) is 0 Å². The highest BCUT2D eigenvalue weighted by Crippen LogP contribution is 2.30. The van der Waals surface area contributed by atoms with Gasteiger partial charge in [-0.1, -0.05) is 0 Å². The van der Waals surface area contributed by atoms with Gasteiger partial charge >= 0.3 is 0 Å². The second kappa shape index (κ2) is 8.06. The van der Waals surface area contributed by atoms with E-state index >= 15 is 0 Å². The van der Waals surface area contributed by atoms with Crippen molar-refractivity contribution in [3.63, 3.8) is 0 Å². The van der Waals surface area contributed by atoms with Gasteiger partial charge in [-0.2, -0.15) is 0 Å². The quantitative estimate of drug-likeness (QED) is 0.551. The lowest BCUT2D eigenvalue weighted by molar-refractivity contribution is -0.142. The summed E-state index contributed by atoms with van der Waals surface area (Å²) in [6.45, 7) is 12.4. The van der Waals surface area contributed by atoms with E-state index in [0.29, 0.717) is 6.04 Å². The number of hydrogen-bond acceptors (Lipinski definition) is 3. The number of rotatable bonds is 10. The Morgan fingerprint density at radius 1 is 1.12 bits per heavy atom. The molecule has 1 aliphatic rings. The van der Waals surface area contributed by atoms with E-state index in [4.69, 9.17) is 9.47 Å². The maximum absolute atomic E-state index is 5.58. The molecule has 0 spiro atoms. The SMILES string of the molecule is CCOC(CCN(CC1CC1)C(C)C)OCC. The van der Waals surface area contributed by atoms with Crippen molar-refractivity contribution in [1.82, 2.24) is 4.90 Å². The molecule has 0 bridgehead atoms. The molecular formula is C14H29NO2. The second-order valence-corrected chi connectivity index (χ2v) is 5.16. The first-order valence-electron chi connectivity index (χ1n) is 7.14. The molecule has 3 nitrogen and oxygen atoms in total. The van der Waals surface area contributed by atoms with Gasteiger partial charge in [0.15, 0.2) is 6.29 Å². The van der Waals surface area contributed by atoms with Crippen LogP contribution in [0.1, 0.15) is 47.0 Å². The molecule has 0 saturated heterocycles. The van der Waals surface area contributed by atoms with Gasteiger partial charge in [0.2, 0.25) is 0 Å². The van der Waals surface area contributed by atoms with Gasteiger partial charge in [-0.3, -0.25) is 0 Å². The fraction of sp³-hybridized carbons (Fsp3) is 1.00. The highest BCUT2D eigenvalue weighted by Gasteiger charge is 2.25. The lowest BCUT2D eigenvalue weighted by Gasteiger charge is -2.28. The molecule has 0 aromatic heterocycles.